The van der Waals surface area contributed by atoms with Gasteiger partial charge in [-0.1, -0.05) is 54.6 Å². The van der Waals surface area contributed by atoms with E-state index >= 15 is 0 Å². The van der Waals surface area contributed by atoms with Gasteiger partial charge in [0.2, 0.25) is 11.1 Å². The number of nitrogens with one attached hydrogen (secondary N) is 2. The topological polar surface area (TPSA) is 71.8 Å². The molecule has 0 unspecified atom stereocenters. The molecule has 4 rings (SSSR count). The standard InChI is InChI=1S/C23H27N5OS/c1-5-6-19-25-26-23-28(19)27-20(17-9-7-14(2)8-10-17)21(30-23)22(29)24-18-12-15(3)11-16(4)13-18/h7-13,20-21,27H,5-6H2,1-4H3,(H,24,29)/t20-,21-/m1/s1. The van der Waals surface area contributed by atoms with Gasteiger partial charge in [0.15, 0.2) is 5.82 Å². The van der Waals surface area contributed by atoms with Crippen LogP contribution < -0.4 is 10.7 Å². The summed E-state index contributed by atoms with van der Waals surface area (Å²) >= 11 is 1.46. The van der Waals surface area contributed by atoms with E-state index in [1.54, 1.807) is 0 Å². The van der Waals surface area contributed by atoms with Crippen molar-refractivity contribution in [1.29, 1.82) is 0 Å². The molecule has 0 fully saturated rings. The predicted octanol–water partition coefficient (Wildman–Crippen LogP) is 4.55. The van der Waals surface area contributed by atoms with Gasteiger partial charge in [-0.15, -0.1) is 10.2 Å². The molecule has 1 amide bonds. The maximum absolute atomic E-state index is 13.4. The van der Waals surface area contributed by atoms with Crippen LogP contribution in [0.3, 0.4) is 0 Å². The molecule has 2 heterocycles. The molecule has 0 saturated carbocycles. The zero-order chi connectivity index (χ0) is 21.3. The summed E-state index contributed by atoms with van der Waals surface area (Å²) in [6, 6.07) is 14.2. The van der Waals surface area contributed by atoms with Crippen LogP contribution in [0.4, 0.5) is 5.69 Å². The van der Waals surface area contributed by atoms with E-state index in [1.807, 2.05) is 30.7 Å². The fraction of sp³-hybridized carbons (Fsp3) is 0.348. The van der Waals surface area contributed by atoms with Gasteiger partial charge >= 0.3 is 0 Å². The average molecular weight is 422 g/mol. The summed E-state index contributed by atoms with van der Waals surface area (Å²) in [6.45, 7) is 8.25. The maximum Gasteiger partial charge on any atom is 0.240 e. The molecular weight excluding hydrogens is 394 g/mol. The third kappa shape index (κ3) is 4.21. The molecular formula is C23H27N5OS. The maximum atomic E-state index is 13.4. The normalized spacial score (nSPS) is 17.9. The number of nitrogens with zero attached hydrogens (tertiary/aromatic N) is 3. The number of carbonyl (C=O) groups excluding carboxylic acids is 1. The van der Waals surface area contributed by atoms with Crippen molar-refractivity contribution in [2.45, 2.75) is 57.0 Å². The molecule has 0 aliphatic carbocycles. The van der Waals surface area contributed by atoms with Crippen LogP contribution in [-0.2, 0) is 11.2 Å². The number of benzene rings is 2. The highest BCUT2D eigenvalue weighted by Gasteiger charge is 2.37. The lowest BCUT2D eigenvalue weighted by molar-refractivity contribution is -0.116. The fourth-order valence-electron chi connectivity index (χ4n) is 3.77. The molecule has 0 radical (unpaired) electrons. The van der Waals surface area contributed by atoms with Crippen molar-refractivity contribution in [2.75, 3.05) is 10.7 Å². The number of aromatic nitrogens is 3. The molecule has 156 valence electrons. The van der Waals surface area contributed by atoms with E-state index in [0.717, 1.165) is 46.2 Å². The molecule has 2 N–H and O–H groups in total. The van der Waals surface area contributed by atoms with E-state index in [-0.39, 0.29) is 17.2 Å². The number of rotatable bonds is 5. The largest absolute Gasteiger partial charge is 0.325 e. The summed E-state index contributed by atoms with van der Waals surface area (Å²) in [4.78, 5) is 13.4. The van der Waals surface area contributed by atoms with Gasteiger partial charge in [-0.05, 0) is 56.0 Å². The fourth-order valence-corrected chi connectivity index (χ4v) is 4.87. The Labute approximate surface area is 181 Å². The zero-order valence-corrected chi connectivity index (χ0v) is 18.6. The SMILES string of the molecule is CCCc1nnc2n1N[C@H](c1ccc(C)cc1)[C@H](C(=O)Nc1cc(C)cc(C)c1)S2. The molecule has 0 bridgehead atoms. The van der Waals surface area contributed by atoms with Gasteiger partial charge in [-0.2, -0.15) is 0 Å². The van der Waals surface area contributed by atoms with Gasteiger partial charge < -0.3 is 10.7 Å². The van der Waals surface area contributed by atoms with Crippen LogP contribution in [0.1, 0.15) is 47.5 Å². The van der Waals surface area contributed by atoms with Gasteiger partial charge in [-0.25, -0.2) is 4.68 Å². The number of amides is 1. The van der Waals surface area contributed by atoms with E-state index in [1.165, 1.54) is 17.3 Å². The van der Waals surface area contributed by atoms with Crippen molar-refractivity contribution >= 4 is 23.4 Å². The van der Waals surface area contributed by atoms with Crippen molar-refractivity contribution < 1.29 is 4.79 Å². The molecule has 2 atom stereocenters. The van der Waals surface area contributed by atoms with Crippen molar-refractivity contribution in [3.63, 3.8) is 0 Å². The van der Waals surface area contributed by atoms with Gasteiger partial charge in [0.05, 0.1) is 6.04 Å². The summed E-state index contributed by atoms with van der Waals surface area (Å²) in [5, 5.41) is 12.1. The minimum absolute atomic E-state index is 0.0469. The van der Waals surface area contributed by atoms with Gasteiger partial charge in [0.25, 0.3) is 0 Å². The first-order valence-corrected chi connectivity index (χ1v) is 11.2. The summed E-state index contributed by atoms with van der Waals surface area (Å²) in [5.41, 5.74) is 8.84. The molecule has 1 aromatic heterocycles. The minimum atomic E-state index is -0.375. The first-order valence-electron chi connectivity index (χ1n) is 10.3. The van der Waals surface area contributed by atoms with Crippen molar-refractivity contribution in [1.82, 2.24) is 14.9 Å². The van der Waals surface area contributed by atoms with E-state index in [0.29, 0.717) is 0 Å². The molecule has 30 heavy (non-hydrogen) atoms. The Morgan fingerprint density at radius 3 is 2.43 bits per heavy atom. The second-order valence-corrected chi connectivity index (χ2v) is 9.01. The third-order valence-corrected chi connectivity index (χ3v) is 6.38. The predicted molar refractivity (Wildman–Crippen MR) is 121 cm³/mol. The number of anilines is 1. The molecule has 1 aliphatic rings. The molecule has 0 spiro atoms. The molecule has 7 heteroatoms. The molecule has 3 aromatic rings. The van der Waals surface area contributed by atoms with Crippen LogP contribution in [0, 0.1) is 20.8 Å². The summed E-state index contributed by atoms with van der Waals surface area (Å²) in [5.74, 6) is 0.847. The number of aryl methyl sites for hydroxylation is 4. The van der Waals surface area contributed by atoms with Gasteiger partial charge in [-0.3, -0.25) is 4.79 Å². The summed E-state index contributed by atoms with van der Waals surface area (Å²) < 4.78 is 1.94. The second kappa shape index (κ2) is 8.52. The van der Waals surface area contributed by atoms with Crippen molar-refractivity contribution in [3.8, 4) is 0 Å². The highest BCUT2D eigenvalue weighted by atomic mass is 32.2. The zero-order valence-electron chi connectivity index (χ0n) is 17.8. The van der Waals surface area contributed by atoms with Crippen molar-refractivity contribution in [2.24, 2.45) is 0 Å². The van der Waals surface area contributed by atoms with Crippen LogP contribution in [-0.4, -0.2) is 26.0 Å². The first kappa shape index (κ1) is 20.5. The Hall–Kier alpha value is -2.80. The Balaban J connectivity index is 1.67. The number of hydrogen-bond acceptors (Lipinski definition) is 5. The Bertz CT molecular complexity index is 1040. The quantitative estimate of drug-likeness (QED) is 0.632. The van der Waals surface area contributed by atoms with Crippen molar-refractivity contribution in [3.05, 3.63) is 70.5 Å². The van der Waals surface area contributed by atoms with Crippen LogP contribution in [0.15, 0.2) is 47.6 Å². The van der Waals surface area contributed by atoms with E-state index in [2.05, 4.69) is 65.1 Å². The molecule has 1 aliphatic heterocycles. The monoisotopic (exact) mass is 421 g/mol. The molecule has 6 nitrogen and oxygen atoms in total. The minimum Gasteiger partial charge on any atom is -0.325 e. The van der Waals surface area contributed by atoms with Crippen LogP contribution in [0.5, 0.6) is 0 Å². The lowest BCUT2D eigenvalue weighted by Crippen LogP contribution is -2.41. The first-order chi connectivity index (χ1) is 14.4. The Morgan fingerprint density at radius 2 is 1.77 bits per heavy atom. The number of thioether (sulfide) groups is 1. The van der Waals surface area contributed by atoms with Crippen LogP contribution in [0.25, 0.3) is 0 Å². The number of fused-ring (bicyclic) bond motifs is 1. The lowest BCUT2D eigenvalue weighted by Gasteiger charge is -2.33. The summed E-state index contributed by atoms with van der Waals surface area (Å²) in [7, 11) is 0. The summed E-state index contributed by atoms with van der Waals surface area (Å²) in [6.07, 6.45) is 1.82. The average Bonchev–Trinajstić information content (AvgIpc) is 3.09. The van der Waals surface area contributed by atoms with E-state index in [4.69, 9.17) is 0 Å². The molecule has 2 aromatic carbocycles. The number of hydrogen-bond donors (Lipinski definition) is 2. The highest BCUT2D eigenvalue weighted by Crippen LogP contribution is 2.37. The highest BCUT2D eigenvalue weighted by molar-refractivity contribution is 8.00. The second-order valence-electron chi connectivity index (χ2n) is 7.91. The Morgan fingerprint density at radius 1 is 1.07 bits per heavy atom. The Kier molecular flexibility index (Phi) is 5.81. The van der Waals surface area contributed by atoms with E-state index in [9.17, 15) is 4.79 Å². The lowest BCUT2D eigenvalue weighted by atomic mass is 10.0. The molecule has 0 saturated heterocycles. The van der Waals surface area contributed by atoms with Gasteiger partial charge in [0, 0.05) is 12.1 Å². The van der Waals surface area contributed by atoms with Gasteiger partial charge in [0.1, 0.15) is 5.25 Å². The van der Waals surface area contributed by atoms with Crippen LogP contribution >= 0.6 is 11.8 Å². The third-order valence-electron chi connectivity index (χ3n) is 5.16. The van der Waals surface area contributed by atoms with E-state index < -0.39 is 0 Å². The smallest absolute Gasteiger partial charge is 0.240 e. The number of carbonyl (C=O) groups is 1. The van der Waals surface area contributed by atoms with Crippen LogP contribution in [0.2, 0.25) is 0 Å².